The summed E-state index contributed by atoms with van der Waals surface area (Å²) in [6.07, 6.45) is 0. The lowest BCUT2D eigenvalue weighted by atomic mass is 10.1. The van der Waals surface area contributed by atoms with Crippen molar-refractivity contribution in [2.45, 2.75) is 13.5 Å². The molecule has 8 heteroatoms. The molecule has 0 saturated carbocycles. The number of carbonyl (C=O) groups excluding carboxylic acids is 1. The third kappa shape index (κ3) is 3.65. The van der Waals surface area contributed by atoms with Gasteiger partial charge in [0.05, 0.1) is 10.6 Å². The van der Waals surface area contributed by atoms with E-state index in [2.05, 4.69) is 5.10 Å². The van der Waals surface area contributed by atoms with Crippen LogP contribution in [0.3, 0.4) is 0 Å². The molecule has 1 aromatic carbocycles. The topological polar surface area (TPSA) is 90.5 Å². The van der Waals surface area contributed by atoms with E-state index in [1.54, 1.807) is 51.2 Å². The highest BCUT2D eigenvalue weighted by atomic mass is 16.6. The average molecular weight is 318 g/mol. The molecule has 122 valence electrons. The summed E-state index contributed by atoms with van der Waals surface area (Å²) in [5.41, 5.74) is 2.06. The second-order valence-corrected chi connectivity index (χ2v) is 5.35. The number of benzene rings is 1. The number of hydrogen-bond acceptors (Lipinski definition) is 6. The molecule has 0 bridgehead atoms. The molecule has 0 amide bonds. The van der Waals surface area contributed by atoms with Crippen LogP contribution >= 0.6 is 0 Å². The summed E-state index contributed by atoms with van der Waals surface area (Å²) in [5.74, 6) is -0.521. The second kappa shape index (κ2) is 6.47. The number of esters is 1. The van der Waals surface area contributed by atoms with Crippen molar-refractivity contribution < 1.29 is 14.5 Å². The predicted molar refractivity (Wildman–Crippen MR) is 84.5 cm³/mol. The van der Waals surface area contributed by atoms with Crippen LogP contribution in [0.25, 0.3) is 0 Å². The van der Waals surface area contributed by atoms with Gasteiger partial charge in [0.25, 0.3) is 5.69 Å². The van der Waals surface area contributed by atoms with Gasteiger partial charge in [-0.1, -0.05) is 6.07 Å². The number of rotatable bonds is 5. The summed E-state index contributed by atoms with van der Waals surface area (Å²) >= 11 is 0. The fraction of sp³-hybridized carbons (Fsp3) is 0.333. The normalized spacial score (nSPS) is 10.4. The molecule has 0 fully saturated rings. The monoisotopic (exact) mass is 318 g/mol. The lowest BCUT2D eigenvalue weighted by Crippen LogP contribution is -2.12. The number of aromatic nitrogens is 2. The molecule has 23 heavy (non-hydrogen) atoms. The Kier molecular flexibility index (Phi) is 4.63. The van der Waals surface area contributed by atoms with E-state index in [-0.39, 0.29) is 12.3 Å². The van der Waals surface area contributed by atoms with E-state index >= 15 is 0 Å². The first-order valence-electron chi connectivity index (χ1n) is 6.92. The van der Waals surface area contributed by atoms with E-state index in [4.69, 9.17) is 4.74 Å². The molecular weight excluding hydrogens is 300 g/mol. The van der Waals surface area contributed by atoms with E-state index in [0.717, 1.165) is 0 Å². The largest absolute Gasteiger partial charge is 0.456 e. The summed E-state index contributed by atoms with van der Waals surface area (Å²) in [6, 6.07) is 6.37. The fourth-order valence-corrected chi connectivity index (χ4v) is 2.21. The van der Waals surface area contributed by atoms with E-state index in [9.17, 15) is 14.9 Å². The Hall–Kier alpha value is -2.90. The Labute approximate surface area is 133 Å². The zero-order chi connectivity index (χ0) is 17.1. The van der Waals surface area contributed by atoms with Gasteiger partial charge in [-0.15, -0.1) is 0 Å². The third-order valence-corrected chi connectivity index (χ3v) is 3.30. The lowest BCUT2D eigenvalue weighted by Gasteiger charge is -2.13. The molecule has 0 N–H and O–H groups in total. The number of hydrogen-bond donors (Lipinski definition) is 0. The number of nitro groups is 1. The summed E-state index contributed by atoms with van der Waals surface area (Å²) in [6.45, 7) is 1.73. The molecule has 0 saturated heterocycles. The van der Waals surface area contributed by atoms with Crippen LogP contribution in [-0.2, 0) is 18.4 Å². The average Bonchev–Trinajstić information content (AvgIpc) is 2.83. The first-order chi connectivity index (χ1) is 10.8. The van der Waals surface area contributed by atoms with Gasteiger partial charge in [-0.2, -0.15) is 5.10 Å². The quantitative estimate of drug-likeness (QED) is 0.476. The number of carbonyl (C=O) groups is 1. The van der Waals surface area contributed by atoms with Crippen LogP contribution in [0.15, 0.2) is 24.3 Å². The minimum absolute atomic E-state index is 0.0278. The van der Waals surface area contributed by atoms with Crippen molar-refractivity contribution in [1.82, 2.24) is 9.78 Å². The predicted octanol–water partition coefficient (Wildman–Crippen LogP) is 2.06. The summed E-state index contributed by atoms with van der Waals surface area (Å²) < 4.78 is 6.65. The van der Waals surface area contributed by atoms with Crippen LogP contribution in [-0.4, -0.2) is 34.8 Å². The Balaban J connectivity index is 2.15. The molecular formula is C15H18N4O4. The highest BCUT2D eigenvalue weighted by Gasteiger charge is 2.18. The van der Waals surface area contributed by atoms with Crippen molar-refractivity contribution in [2.24, 2.45) is 7.05 Å². The van der Waals surface area contributed by atoms with Crippen molar-refractivity contribution in [3.63, 3.8) is 0 Å². The summed E-state index contributed by atoms with van der Waals surface area (Å²) in [5, 5.41) is 15.2. The highest BCUT2D eigenvalue weighted by molar-refractivity contribution is 5.87. The molecule has 0 aliphatic rings. The van der Waals surface area contributed by atoms with Crippen molar-refractivity contribution in [2.75, 3.05) is 19.0 Å². The standard InChI is InChI=1S/C15H18N4O4/c1-10-7-14(18(4)16-10)15(20)23-9-11-5-6-12(17(2)3)13(8-11)19(21)22/h5-8H,9H2,1-4H3. The van der Waals surface area contributed by atoms with Gasteiger partial charge in [-0.25, -0.2) is 4.79 Å². The van der Waals surface area contributed by atoms with Gasteiger partial charge in [-0.05, 0) is 24.6 Å². The molecule has 2 rings (SSSR count). The first-order valence-corrected chi connectivity index (χ1v) is 6.92. The molecule has 0 spiro atoms. The van der Waals surface area contributed by atoms with Crippen LogP contribution in [0.1, 0.15) is 21.7 Å². The molecule has 2 aromatic rings. The highest BCUT2D eigenvalue weighted by Crippen LogP contribution is 2.28. The SMILES string of the molecule is Cc1cc(C(=O)OCc2ccc(N(C)C)c([N+](=O)[O-])c2)n(C)n1. The van der Waals surface area contributed by atoms with Crippen molar-refractivity contribution in [1.29, 1.82) is 0 Å². The maximum atomic E-state index is 12.0. The van der Waals surface area contributed by atoms with Crippen LogP contribution in [0.5, 0.6) is 0 Å². The maximum Gasteiger partial charge on any atom is 0.356 e. The summed E-state index contributed by atoms with van der Waals surface area (Å²) in [4.78, 5) is 24.4. The van der Waals surface area contributed by atoms with Gasteiger partial charge in [0.15, 0.2) is 0 Å². The fourth-order valence-electron chi connectivity index (χ4n) is 2.21. The second-order valence-electron chi connectivity index (χ2n) is 5.35. The summed E-state index contributed by atoms with van der Waals surface area (Å²) in [7, 11) is 5.11. The molecule has 0 aliphatic carbocycles. The first kappa shape index (κ1) is 16.5. The van der Waals surface area contributed by atoms with Crippen molar-refractivity contribution in [3.05, 3.63) is 51.3 Å². The molecule has 1 heterocycles. The molecule has 0 atom stereocenters. The van der Waals surface area contributed by atoms with E-state index < -0.39 is 10.9 Å². The number of nitro benzene ring substituents is 1. The number of nitrogens with zero attached hydrogens (tertiary/aromatic N) is 4. The Morgan fingerprint density at radius 1 is 1.39 bits per heavy atom. The minimum Gasteiger partial charge on any atom is -0.456 e. The molecule has 1 aromatic heterocycles. The van der Waals surface area contributed by atoms with Crippen LogP contribution < -0.4 is 4.90 Å². The lowest BCUT2D eigenvalue weighted by molar-refractivity contribution is -0.384. The minimum atomic E-state index is -0.521. The maximum absolute atomic E-state index is 12.0. The van der Waals surface area contributed by atoms with E-state index in [0.29, 0.717) is 22.6 Å². The Morgan fingerprint density at radius 2 is 2.09 bits per heavy atom. The van der Waals surface area contributed by atoms with E-state index in [1.807, 2.05) is 0 Å². The molecule has 0 radical (unpaired) electrons. The van der Waals surface area contributed by atoms with E-state index in [1.165, 1.54) is 10.7 Å². The van der Waals surface area contributed by atoms with Crippen LogP contribution in [0, 0.1) is 17.0 Å². The zero-order valence-corrected chi connectivity index (χ0v) is 13.4. The van der Waals surface area contributed by atoms with Gasteiger partial charge in [0.2, 0.25) is 0 Å². The van der Waals surface area contributed by atoms with Gasteiger partial charge in [-0.3, -0.25) is 14.8 Å². The molecule has 0 unspecified atom stereocenters. The van der Waals surface area contributed by atoms with Crippen molar-refractivity contribution >= 4 is 17.3 Å². The van der Waals surface area contributed by atoms with Crippen LogP contribution in [0.2, 0.25) is 0 Å². The number of anilines is 1. The van der Waals surface area contributed by atoms with Crippen molar-refractivity contribution in [3.8, 4) is 0 Å². The zero-order valence-electron chi connectivity index (χ0n) is 13.4. The van der Waals surface area contributed by atoms with Gasteiger partial charge in [0.1, 0.15) is 18.0 Å². The molecule has 8 nitrogen and oxygen atoms in total. The Bertz CT molecular complexity index is 752. The van der Waals surface area contributed by atoms with Gasteiger partial charge in [0, 0.05) is 27.2 Å². The van der Waals surface area contributed by atoms with Gasteiger partial charge >= 0.3 is 5.97 Å². The number of aryl methyl sites for hydroxylation is 2. The Morgan fingerprint density at radius 3 is 2.61 bits per heavy atom. The van der Waals surface area contributed by atoms with Crippen LogP contribution in [0.4, 0.5) is 11.4 Å². The smallest absolute Gasteiger partial charge is 0.356 e. The van der Waals surface area contributed by atoms with Gasteiger partial charge < -0.3 is 9.64 Å². The number of ether oxygens (including phenoxy) is 1. The molecule has 0 aliphatic heterocycles. The third-order valence-electron chi connectivity index (χ3n) is 3.30.